The van der Waals surface area contributed by atoms with Crippen molar-refractivity contribution in [2.75, 3.05) is 7.11 Å². The van der Waals surface area contributed by atoms with Gasteiger partial charge in [-0.3, -0.25) is 4.79 Å². The van der Waals surface area contributed by atoms with E-state index >= 15 is 0 Å². The highest BCUT2D eigenvalue weighted by Gasteiger charge is 2.18. The zero-order chi connectivity index (χ0) is 10.7. The van der Waals surface area contributed by atoms with Gasteiger partial charge in [0.2, 0.25) is 0 Å². The Hall–Kier alpha value is -1.22. The van der Waals surface area contributed by atoms with Gasteiger partial charge in [0.1, 0.15) is 5.75 Å². The summed E-state index contributed by atoms with van der Waals surface area (Å²) in [5.41, 5.74) is 0.590. The lowest BCUT2D eigenvalue weighted by atomic mass is 10.0. The van der Waals surface area contributed by atoms with Crippen molar-refractivity contribution in [3.05, 3.63) is 28.8 Å². The van der Waals surface area contributed by atoms with E-state index in [1.807, 2.05) is 0 Å². The van der Waals surface area contributed by atoms with Gasteiger partial charge in [-0.15, -0.1) is 0 Å². The Bertz CT molecular complexity index is 349. The predicted molar refractivity (Wildman–Crippen MR) is 54.1 cm³/mol. The molecule has 0 aliphatic carbocycles. The second kappa shape index (κ2) is 4.33. The summed E-state index contributed by atoms with van der Waals surface area (Å²) >= 11 is 5.77. The van der Waals surface area contributed by atoms with Crippen molar-refractivity contribution in [2.45, 2.75) is 12.8 Å². The Morgan fingerprint density at radius 1 is 1.57 bits per heavy atom. The molecule has 4 heteroatoms. The van der Waals surface area contributed by atoms with Crippen LogP contribution in [-0.4, -0.2) is 18.2 Å². The Kier molecular flexibility index (Phi) is 3.36. The first-order valence-corrected chi connectivity index (χ1v) is 4.50. The van der Waals surface area contributed by atoms with Crippen molar-refractivity contribution in [3.8, 4) is 5.75 Å². The third-order valence-electron chi connectivity index (χ3n) is 2.03. The quantitative estimate of drug-likeness (QED) is 0.841. The summed E-state index contributed by atoms with van der Waals surface area (Å²) in [5.74, 6) is -0.974. The van der Waals surface area contributed by atoms with E-state index in [0.717, 1.165) is 0 Å². The molecule has 0 saturated heterocycles. The van der Waals surface area contributed by atoms with Crippen LogP contribution < -0.4 is 4.74 Å². The summed E-state index contributed by atoms with van der Waals surface area (Å²) in [4.78, 5) is 10.8. The minimum absolute atomic E-state index is 0.508. The van der Waals surface area contributed by atoms with Crippen LogP contribution in [0.5, 0.6) is 5.75 Å². The molecule has 1 atom stereocenters. The summed E-state index contributed by atoms with van der Waals surface area (Å²) in [6.07, 6.45) is 0. The third-order valence-corrected chi connectivity index (χ3v) is 2.26. The predicted octanol–water partition coefficient (Wildman–Crippen LogP) is 2.54. The zero-order valence-electron chi connectivity index (χ0n) is 7.95. The molecule has 0 fully saturated rings. The van der Waals surface area contributed by atoms with Crippen molar-refractivity contribution < 1.29 is 14.6 Å². The molecular formula is C10H11ClO3. The Morgan fingerprint density at radius 2 is 2.21 bits per heavy atom. The van der Waals surface area contributed by atoms with E-state index in [9.17, 15) is 4.79 Å². The SMILES string of the molecule is COc1ccc(Cl)cc1C(C)C(=O)O. The van der Waals surface area contributed by atoms with Crippen molar-refractivity contribution in [3.63, 3.8) is 0 Å². The number of halogens is 1. The topological polar surface area (TPSA) is 46.5 Å². The molecule has 1 rings (SSSR count). The van der Waals surface area contributed by atoms with Crippen LogP contribution in [0.15, 0.2) is 18.2 Å². The highest BCUT2D eigenvalue weighted by molar-refractivity contribution is 6.30. The van der Waals surface area contributed by atoms with E-state index in [1.165, 1.54) is 7.11 Å². The van der Waals surface area contributed by atoms with Gasteiger partial charge in [-0.1, -0.05) is 11.6 Å². The molecule has 0 aliphatic rings. The number of hydrogen-bond acceptors (Lipinski definition) is 2. The first kappa shape index (κ1) is 10.9. The number of hydrogen-bond donors (Lipinski definition) is 1. The molecule has 1 N–H and O–H groups in total. The fourth-order valence-electron chi connectivity index (χ4n) is 1.18. The van der Waals surface area contributed by atoms with Crippen LogP contribution in [0, 0.1) is 0 Å². The minimum Gasteiger partial charge on any atom is -0.496 e. The van der Waals surface area contributed by atoms with Crippen LogP contribution in [-0.2, 0) is 4.79 Å². The number of carboxylic acids is 1. The van der Waals surface area contributed by atoms with Gasteiger partial charge in [-0.05, 0) is 25.1 Å². The number of carbonyl (C=O) groups is 1. The van der Waals surface area contributed by atoms with Gasteiger partial charge in [0.15, 0.2) is 0 Å². The number of methoxy groups -OCH3 is 1. The summed E-state index contributed by atoms with van der Waals surface area (Å²) in [7, 11) is 1.50. The van der Waals surface area contributed by atoms with Crippen molar-refractivity contribution in [1.82, 2.24) is 0 Å². The molecule has 14 heavy (non-hydrogen) atoms. The molecule has 0 bridgehead atoms. The van der Waals surface area contributed by atoms with E-state index in [1.54, 1.807) is 25.1 Å². The van der Waals surface area contributed by atoms with Crippen molar-refractivity contribution in [1.29, 1.82) is 0 Å². The van der Waals surface area contributed by atoms with Crippen molar-refractivity contribution >= 4 is 17.6 Å². The van der Waals surface area contributed by atoms with Crippen LogP contribution in [0.4, 0.5) is 0 Å². The van der Waals surface area contributed by atoms with E-state index in [4.69, 9.17) is 21.4 Å². The molecule has 0 saturated carbocycles. The van der Waals surface area contributed by atoms with Gasteiger partial charge in [-0.2, -0.15) is 0 Å². The molecule has 0 spiro atoms. The molecule has 76 valence electrons. The standard InChI is InChI=1S/C10H11ClO3/c1-6(10(12)13)8-5-7(11)3-4-9(8)14-2/h3-6H,1-2H3,(H,12,13). The average molecular weight is 215 g/mol. The van der Waals surface area contributed by atoms with Crippen LogP contribution in [0.25, 0.3) is 0 Å². The summed E-state index contributed by atoms with van der Waals surface area (Å²) < 4.78 is 5.05. The van der Waals surface area contributed by atoms with Crippen LogP contribution >= 0.6 is 11.6 Å². The molecule has 1 unspecified atom stereocenters. The summed E-state index contributed by atoms with van der Waals surface area (Å²) in [5, 5.41) is 9.36. The molecule has 1 aromatic rings. The fraction of sp³-hybridized carbons (Fsp3) is 0.300. The van der Waals surface area contributed by atoms with E-state index in [2.05, 4.69) is 0 Å². The zero-order valence-corrected chi connectivity index (χ0v) is 8.71. The van der Waals surface area contributed by atoms with Crippen LogP contribution in [0.1, 0.15) is 18.4 Å². The highest BCUT2D eigenvalue weighted by atomic mass is 35.5. The van der Waals surface area contributed by atoms with E-state index in [-0.39, 0.29) is 0 Å². The van der Waals surface area contributed by atoms with E-state index in [0.29, 0.717) is 16.3 Å². The monoisotopic (exact) mass is 214 g/mol. The first-order valence-electron chi connectivity index (χ1n) is 4.12. The minimum atomic E-state index is -0.898. The number of benzene rings is 1. The lowest BCUT2D eigenvalue weighted by Gasteiger charge is -2.11. The van der Waals surface area contributed by atoms with Gasteiger partial charge in [-0.25, -0.2) is 0 Å². The van der Waals surface area contributed by atoms with Gasteiger partial charge in [0, 0.05) is 10.6 Å². The number of aliphatic carboxylic acids is 1. The maximum absolute atomic E-state index is 10.8. The third kappa shape index (κ3) is 2.17. The highest BCUT2D eigenvalue weighted by Crippen LogP contribution is 2.29. The number of ether oxygens (including phenoxy) is 1. The molecule has 0 aliphatic heterocycles. The molecule has 0 amide bonds. The van der Waals surface area contributed by atoms with Crippen molar-refractivity contribution in [2.24, 2.45) is 0 Å². The van der Waals surface area contributed by atoms with Gasteiger partial charge in [0.25, 0.3) is 0 Å². The number of carboxylic acid groups (broad SMARTS) is 1. The molecule has 1 aromatic carbocycles. The first-order chi connectivity index (χ1) is 6.56. The maximum Gasteiger partial charge on any atom is 0.310 e. The lowest BCUT2D eigenvalue weighted by molar-refractivity contribution is -0.138. The molecule has 0 radical (unpaired) electrons. The molecule has 0 aromatic heterocycles. The lowest BCUT2D eigenvalue weighted by Crippen LogP contribution is -2.08. The smallest absolute Gasteiger partial charge is 0.310 e. The molecule has 0 heterocycles. The summed E-state index contributed by atoms with van der Waals surface area (Å²) in [6.45, 7) is 1.59. The fourth-order valence-corrected chi connectivity index (χ4v) is 1.36. The number of rotatable bonds is 3. The molecular weight excluding hydrogens is 204 g/mol. The van der Waals surface area contributed by atoms with Gasteiger partial charge >= 0.3 is 5.97 Å². The Labute approximate surface area is 87.3 Å². The summed E-state index contributed by atoms with van der Waals surface area (Å²) in [6, 6.07) is 4.94. The maximum atomic E-state index is 10.8. The Balaban J connectivity index is 3.16. The average Bonchev–Trinajstić information content (AvgIpc) is 2.16. The van der Waals surface area contributed by atoms with Crippen LogP contribution in [0.3, 0.4) is 0 Å². The van der Waals surface area contributed by atoms with Crippen LogP contribution in [0.2, 0.25) is 5.02 Å². The second-order valence-electron chi connectivity index (χ2n) is 2.95. The second-order valence-corrected chi connectivity index (χ2v) is 3.38. The largest absolute Gasteiger partial charge is 0.496 e. The van der Waals surface area contributed by atoms with Gasteiger partial charge in [0.05, 0.1) is 13.0 Å². The van der Waals surface area contributed by atoms with Gasteiger partial charge < -0.3 is 9.84 Å². The normalized spacial score (nSPS) is 12.2. The van der Waals surface area contributed by atoms with E-state index < -0.39 is 11.9 Å². The Morgan fingerprint density at radius 3 is 2.71 bits per heavy atom. The molecule has 3 nitrogen and oxygen atoms in total.